The molecular formula is C23H44O3Si. The lowest BCUT2D eigenvalue weighted by atomic mass is 10.1. The van der Waals surface area contributed by atoms with Crippen LogP contribution in [-0.4, -0.2) is 27.5 Å². The van der Waals surface area contributed by atoms with Gasteiger partial charge < -0.3 is 9.16 Å². The van der Waals surface area contributed by atoms with E-state index in [1.54, 1.807) is 0 Å². The number of hydrogen-bond donors (Lipinski definition) is 0. The summed E-state index contributed by atoms with van der Waals surface area (Å²) in [6.07, 6.45) is 4.28. The maximum absolute atomic E-state index is 12.2. The van der Waals surface area contributed by atoms with Gasteiger partial charge in [-0.1, -0.05) is 53.5 Å². The molecular weight excluding hydrogens is 352 g/mol. The Kier molecular flexibility index (Phi) is 9.77. The van der Waals surface area contributed by atoms with Crippen LogP contribution in [0.5, 0.6) is 0 Å². The second-order valence-electron chi connectivity index (χ2n) is 9.43. The molecule has 158 valence electrons. The van der Waals surface area contributed by atoms with Crippen molar-refractivity contribution < 1.29 is 14.0 Å². The molecule has 1 fully saturated rings. The Hall–Kier alpha value is -0.613. The third-order valence-electron chi connectivity index (χ3n) is 6.47. The van der Waals surface area contributed by atoms with Crippen LogP contribution in [0.4, 0.5) is 0 Å². The fraction of sp³-hybridized carbons (Fsp3) is 0.870. The molecule has 0 aromatic heterocycles. The van der Waals surface area contributed by atoms with Gasteiger partial charge in [0.05, 0.1) is 12.5 Å². The van der Waals surface area contributed by atoms with E-state index in [0.29, 0.717) is 35.1 Å². The van der Waals surface area contributed by atoms with Crippen molar-refractivity contribution >= 4 is 14.3 Å². The van der Waals surface area contributed by atoms with E-state index in [9.17, 15) is 4.79 Å². The molecule has 1 saturated carbocycles. The van der Waals surface area contributed by atoms with E-state index in [2.05, 4.69) is 55.0 Å². The van der Waals surface area contributed by atoms with Crippen molar-refractivity contribution in [1.29, 1.82) is 0 Å². The number of esters is 1. The highest BCUT2D eigenvalue weighted by molar-refractivity contribution is 6.77. The molecule has 0 N–H and O–H groups in total. The lowest BCUT2D eigenvalue weighted by molar-refractivity contribution is -0.145. The summed E-state index contributed by atoms with van der Waals surface area (Å²) in [6.45, 7) is 23.3. The van der Waals surface area contributed by atoms with Crippen molar-refractivity contribution in [2.45, 2.75) is 97.7 Å². The number of unbranched alkanes of at least 4 members (excludes halogenated alkanes) is 1. The smallest absolute Gasteiger partial charge is 0.309 e. The van der Waals surface area contributed by atoms with Crippen LogP contribution in [0.1, 0.15) is 81.1 Å². The van der Waals surface area contributed by atoms with Crippen molar-refractivity contribution in [3.8, 4) is 0 Å². The first-order valence-corrected chi connectivity index (χ1v) is 13.2. The fourth-order valence-corrected chi connectivity index (χ4v) is 10.8. The van der Waals surface area contributed by atoms with Gasteiger partial charge in [-0.2, -0.15) is 0 Å². The molecule has 0 bridgehead atoms. The molecule has 0 saturated heterocycles. The number of hydrogen-bond acceptors (Lipinski definition) is 3. The largest absolute Gasteiger partial charge is 0.466 e. The topological polar surface area (TPSA) is 35.5 Å². The van der Waals surface area contributed by atoms with E-state index in [1.807, 2.05) is 6.92 Å². The first-order chi connectivity index (χ1) is 12.6. The molecule has 0 spiro atoms. The summed E-state index contributed by atoms with van der Waals surface area (Å²) in [5, 5.41) is 0. The molecule has 0 heterocycles. The predicted octanol–water partition coefficient (Wildman–Crippen LogP) is 6.74. The molecule has 0 aromatic carbocycles. The van der Waals surface area contributed by atoms with Crippen LogP contribution in [0.3, 0.4) is 0 Å². The zero-order chi connectivity index (χ0) is 20.8. The van der Waals surface area contributed by atoms with Gasteiger partial charge in [0.25, 0.3) is 0 Å². The van der Waals surface area contributed by atoms with Crippen LogP contribution in [0.25, 0.3) is 0 Å². The number of carbonyl (C=O) groups is 1. The lowest BCUT2D eigenvalue weighted by Crippen LogP contribution is -2.47. The third-order valence-corrected chi connectivity index (χ3v) is 12.6. The van der Waals surface area contributed by atoms with Crippen molar-refractivity contribution in [3.05, 3.63) is 12.2 Å². The normalized spacial score (nSPS) is 22.6. The molecule has 0 aliphatic heterocycles. The minimum atomic E-state index is -1.75. The number of allylic oxidation sites excluding steroid dienone is 1. The van der Waals surface area contributed by atoms with Gasteiger partial charge in [-0.05, 0) is 61.6 Å². The monoisotopic (exact) mass is 396 g/mol. The van der Waals surface area contributed by atoms with Gasteiger partial charge in [0.1, 0.15) is 0 Å². The van der Waals surface area contributed by atoms with Crippen LogP contribution in [0.2, 0.25) is 16.6 Å². The zero-order valence-corrected chi connectivity index (χ0v) is 20.1. The summed E-state index contributed by atoms with van der Waals surface area (Å²) in [6, 6.07) is 0. The fourth-order valence-electron chi connectivity index (χ4n) is 5.34. The molecule has 0 unspecified atom stereocenters. The lowest BCUT2D eigenvalue weighted by Gasteiger charge is -2.42. The molecule has 0 radical (unpaired) electrons. The van der Waals surface area contributed by atoms with Gasteiger partial charge >= 0.3 is 5.97 Å². The first-order valence-electron chi connectivity index (χ1n) is 11.0. The first kappa shape index (κ1) is 24.4. The zero-order valence-electron chi connectivity index (χ0n) is 19.1. The summed E-state index contributed by atoms with van der Waals surface area (Å²) >= 11 is 0. The summed E-state index contributed by atoms with van der Waals surface area (Å²) in [7, 11) is -1.75. The summed E-state index contributed by atoms with van der Waals surface area (Å²) in [5.41, 5.74) is 3.07. The Morgan fingerprint density at radius 3 is 2.00 bits per heavy atom. The minimum absolute atomic E-state index is 0.00384. The second kappa shape index (κ2) is 10.8. The van der Waals surface area contributed by atoms with Crippen LogP contribution in [-0.2, 0) is 14.0 Å². The van der Waals surface area contributed by atoms with Crippen molar-refractivity contribution in [1.82, 2.24) is 0 Å². The van der Waals surface area contributed by atoms with Crippen molar-refractivity contribution in [2.75, 3.05) is 13.2 Å². The van der Waals surface area contributed by atoms with E-state index in [4.69, 9.17) is 9.16 Å². The number of rotatable bonds is 13. The van der Waals surface area contributed by atoms with E-state index in [1.165, 1.54) is 5.57 Å². The van der Waals surface area contributed by atoms with E-state index in [0.717, 1.165) is 32.3 Å². The number of carbonyl (C=O) groups excluding carboxylic acids is 1. The average molecular weight is 397 g/mol. The molecule has 0 aromatic rings. The molecule has 4 heteroatoms. The molecule has 27 heavy (non-hydrogen) atoms. The van der Waals surface area contributed by atoms with Gasteiger partial charge in [0.2, 0.25) is 0 Å². The average Bonchev–Trinajstić information content (AvgIpc) is 3.21. The Labute approximate surface area is 169 Å². The van der Waals surface area contributed by atoms with Gasteiger partial charge in [0, 0.05) is 6.61 Å². The molecule has 0 amide bonds. The quantitative estimate of drug-likeness (QED) is 0.150. The Balaban J connectivity index is 2.50. The molecule has 1 aliphatic carbocycles. The highest BCUT2D eigenvalue weighted by Crippen LogP contribution is 2.53. The van der Waals surface area contributed by atoms with Gasteiger partial charge in [-0.25, -0.2) is 0 Å². The summed E-state index contributed by atoms with van der Waals surface area (Å²) in [5.74, 6) is 1.01. The minimum Gasteiger partial charge on any atom is -0.466 e. The van der Waals surface area contributed by atoms with Crippen LogP contribution in [0.15, 0.2) is 12.2 Å². The third kappa shape index (κ3) is 6.18. The Bertz CT molecular complexity index is 462. The van der Waals surface area contributed by atoms with Crippen LogP contribution >= 0.6 is 0 Å². The maximum atomic E-state index is 12.2. The standard InChI is InChI=1S/C23H44O3Si/c1-10-25-23(24)22-20(21(22)15-16(2)3)13-11-12-14-26-27(17(4)5,18(6)7)19(8)9/h17-22H,2,10-15H2,1,3-9H3/t20-,21-,22-/m1/s1. The van der Waals surface area contributed by atoms with Gasteiger partial charge in [-0.3, -0.25) is 4.79 Å². The molecule has 1 rings (SSSR count). The summed E-state index contributed by atoms with van der Waals surface area (Å²) in [4.78, 5) is 12.2. The maximum Gasteiger partial charge on any atom is 0.309 e. The molecule has 3 atom stereocenters. The van der Waals surface area contributed by atoms with Crippen molar-refractivity contribution in [2.24, 2.45) is 17.8 Å². The predicted molar refractivity (Wildman–Crippen MR) is 117 cm³/mol. The molecule has 3 nitrogen and oxygen atoms in total. The van der Waals surface area contributed by atoms with Crippen LogP contribution < -0.4 is 0 Å². The highest BCUT2D eigenvalue weighted by atomic mass is 28.4. The van der Waals surface area contributed by atoms with Crippen LogP contribution in [0, 0.1) is 17.8 Å². The van der Waals surface area contributed by atoms with Crippen molar-refractivity contribution in [3.63, 3.8) is 0 Å². The second-order valence-corrected chi connectivity index (χ2v) is 14.9. The SMILES string of the molecule is C=C(C)C[C@@H]1[C@@H](CCCCO[Si](C(C)C)(C(C)C)C(C)C)[C@H]1C(=O)OCC. The number of ether oxygens (including phenoxy) is 1. The Morgan fingerprint density at radius 1 is 1.00 bits per heavy atom. The van der Waals surface area contributed by atoms with E-state index in [-0.39, 0.29) is 11.9 Å². The Morgan fingerprint density at radius 2 is 1.56 bits per heavy atom. The summed E-state index contributed by atoms with van der Waals surface area (Å²) < 4.78 is 11.9. The van der Waals surface area contributed by atoms with Gasteiger partial charge in [0.15, 0.2) is 8.32 Å². The highest BCUT2D eigenvalue weighted by Gasteiger charge is 2.54. The van der Waals surface area contributed by atoms with E-state index < -0.39 is 8.32 Å². The van der Waals surface area contributed by atoms with Gasteiger partial charge in [-0.15, -0.1) is 6.58 Å². The molecule has 1 aliphatic rings. The van der Waals surface area contributed by atoms with E-state index >= 15 is 0 Å².